The maximum absolute atomic E-state index is 13.2. The Bertz CT molecular complexity index is 704. The van der Waals surface area contributed by atoms with E-state index in [-0.39, 0.29) is 5.91 Å². The molecule has 1 spiro atoms. The van der Waals surface area contributed by atoms with E-state index in [4.69, 9.17) is 0 Å². The van der Waals surface area contributed by atoms with Gasteiger partial charge in [-0.15, -0.1) is 11.3 Å². The van der Waals surface area contributed by atoms with Gasteiger partial charge in [-0.3, -0.25) is 4.79 Å². The Hall–Kier alpha value is -1.24. The van der Waals surface area contributed by atoms with E-state index in [1.165, 1.54) is 18.4 Å². The van der Waals surface area contributed by atoms with Gasteiger partial charge in [-0.2, -0.15) is 11.3 Å². The van der Waals surface area contributed by atoms with E-state index in [1.54, 1.807) is 28.9 Å². The second-order valence-electron chi connectivity index (χ2n) is 6.87. The number of rotatable bonds is 5. The number of aromatic nitrogens is 1. The molecule has 1 N–H and O–H groups in total. The SMILES string of the molecule is CCc1ncc(C(=O)N(Cc2ccsc2)C2CC23CCNCC3)s1. The third kappa shape index (κ3) is 3.03. The summed E-state index contributed by atoms with van der Waals surface area (Å²) in [5.74, 6) is 0.166. The van der Waals surface area contributed by atoms with Crippen molar-refractivity contribution in [3.05, 3.63) is 38.5 Å². The number of nitrogens with one attached hydrogen (secondary N) is 1. The molecule has 1 saturated heterocycles. The lowest BCUT2D eigenvalue weighted by Gasteiger charge is -2.29. The van der Waals surface area contributed by atoms with Gasteiger partial charge in [-0.25, -0.2) is 4.98 Å². The van der Waals surface area contributed by atoms with E-state index in [0.717, 1.165) is 42.4 Å². The number of thiophene rings is 1. The fourth-order valence-electron chi connectivity index (χ4n) is 3.85. The number of piperidine rings is 1. The highest BCUT2D eigenvalue weighted by Crippen LogP contribution is 2.56. The van der Waals surface area contributed by atoms with Crippen molar-refractivity contribution in [2.75, 3.05) is 13.1 Å². The van der Waals surface area contributed by atoms with Crippen LogP contribution in [0.2, 0.25) is 0 Å². The van der Waals surface area contributed by atoms with Gasteiger partial charge in [-0.1, -0.05) is 6.92 Å². The first-order chi connectivity index (χ1) is 11.7. The summed E-state index contributed by atoms with van der Waals surface area (Å²) in [4.78, 5) is 20.5. The number of thiazole rings is 1. The Kier molecular flexibility index (Phi) is 4.45. The quantitative estimate of drug-likeness (QED) is 0.886. The molecule has 0 bridgehead atoms. The average molecular weight is 362 g/mol. The van der Waals surface area contributed by atoms with Gasteiger partial charge in [0.2, 0.25) is 0 Å². The lowest BCUT2D eigenvalue weighted by atomic mass is 9.93. The average Bonchev–Trinajstić information content (AvgIpc) is 3.05. The molecule has 0 aromatic carbocycles. The molecule has 1 aliphatic carbocycles. The molecular formula is C18H23N3OS2. The van der Waals surface area contributed by atoms with Crippen molar-refractivity contribution in [3.8, 4) is 0 Å². The van der Waals surface area contributed by atoms with Gasteiger partial charge in [0.15, 0.2) is 0 Å². The summed E-state index contributed by atoms with van der Waals surface area (Å²) < 4.78 is 0. The first-order valence-corrected chi connectivity index (χ1v) is 10.5. The fourth-order valence-corrected chi connectivity index (χ4v) is 5.32. The van der Waals surface area contributed by atoms with Crippen molar-refractivity contribution in [1.82, 2.24) is 15.2 Å². The van der Waals surface area contributed by atoms with Crippen molar-refractivity contribution in [2.45, 2.75) is 45.2 Å². The minimum Gasteiger partial charge on any atom is -0.330 e. The van der Waals surface area contributed by atoms with Crippen LogP contribution in [-0.2, 0) is 13.0 Å². The number of hydrogen-bond acceptors (Lipinski definition) is 5. The summed E-state index contributed by atoms with van der Waals surface area (Å²) in [6.45, 7) is 4.97. The number of carbonyl (C=O) groups is 1. The van der Waals surface area contributed by atoms with E-state index in [9.17, 15) is 4.79 Å². The number of amides is 1. The molecule has 4 rings (SSSR count). The highest BCUT2D eigenvalue weighted by Gasteiger charge is 2.57. The zero-order valence-electron chi connectivity index (χ0n) is 14.0. The summed E-state index contributed by atoms with van der Waals surface area (Å²) in [6, 6.07) is 2.52. The topological polar surface area (TPSA) is 45.2 Å². The molecule has 128 valence electrons. The molecule has 4 nitrogen and oxygen atoms in total. The molecule has 1 saturated carbocycles. The number of hydrogen-bond donors (Lipinski definition) is 1. The van der Waals surface area contributed by atoms with Crippen LogP contribution in [0.4, 0.5) is 0 Å². The summed E-state index contributed by atoms with van der Waals surface area (Å²) >= 11 is 3.25. The van der Waals surface area contributed by atoms with Crippen molar-refractivity contribution in [1.29, 1.82) is 0 Å². The predicted molar refractivity (Wildman–Crippen MR) is 98.6 cm³/mol. The van der Waals surface area contributed by atoms with Crippen LogP contribution in [0.5, 0.6) is 0 Å². The molecule has 2 aromatic rings. The molecule has 1 unspecified atom stereocenters. The molecule has 2 aromatic heterocycles. The van der Waals surface area contributed by atoms with Crippen LogP contribution in [0.15, 0.2) is 23.0 Å². The summed E-state index contributed by atoms with van der Waals surface area (Å²) in [6.07, 6.45) is 6.19. The maximum Gasteiger partial charge on any atom is 0.266 e. The molecule has 0 radical (unpaired) electrons. The molecule has 1 atom stereocenters. The van der Waals surface area contributed by atoms with E-state index in [0.29, 0.717) is 11.5 Å². The molecular weight excluding hydrogens is 338 g/mol. The van der Waals surface area contributed by atoms with Crippen LogP contribution in [0.1, 0.15) is 46.4 Å². The first kappa shape index (κ1) is 16.2. The minimum absolute atomic E-state index is 0.166. The van der Waals surface area contributed by atoms with Gasteiger partial charge in [-0.05, 0) is 66.6 Å². The first-order valence-electron chi connectivity index (χ1n) is 8.69. The zero-order chi connectivity index (χ0) is 16.6. The van der Waals surface area contributed by atoms with Crippen LogP contribution < -0.4 is 5.32 Å². The summed E-state index contributed by atoms with van der Waals surface area (Å²) in [7, 11) is 0. The van der Waals surface area contributed by atoms with E-state index >= 15 is 0 Å². The number of carbonyl (C=O) groups excluding carboxylic acids is 1. The highest BCUT2D eigenvalue weighted by atomic mass is 32.1. The van der Waals surface area contributed by atoms with Gasteiger partial charge in [0.1, 0.15) is 4.88 Å². The van der Waals surface area contributed by atoms with Crippen LogP contribution in [0.3, 0.4) is 0 Å². The Morgan fingerprint density at radius 1 is 1.46 bits per heavy atom. The maximum atomic E-state index is 13.2. The zero-order valence-corrected chi connectivity index (χ0v) is 15.6. The van der Waals surface area contributed by atoms with Gasteiger partial charge >= 0.3 is 0 Å². The van der Waals surface area contributed by atoms with Gasteiger partial charge in [0, 0.05) is 12.6 Å². The highest BCUT2D eigenvalue weighted by molar-refractivity contribution is 7.13. The largest absolute Gasteiger partial charge is 0.330 e. The second kappa shape index (κ2) is 6.58. The lowest BCUT2D eigenvalue weighted by Crippen LogP contribution is -2.38. The third-order valence-corrected chi connectivity index (χ3v) is 7.24. The van der Waals surface area contributed by atoms with Crippen molar-refractivity contribution < 1.29 is 4.79 Å². The summed E-state index contributed by atoms with van der Waals surface area (Å²) in [5.41, 5.74) is 1.60. The molecule has 2 fully saturated rings. The monoisotopic (exact) mass is 361 g/mol. The normalized spacial score (nSPS) is 21.8. The Balaban J connectivity index is 1.57. The molecule has 1 amide bonds. The van der Waals surface area contributed by atoms with Gasteiger partial charge in [0.25, 0.3) is 5.91 Å². The fraction of sp³-hybridized carbons (Fsp3) is 0.556. The second-order valence-corrected chi connectivity index (χ2v) is 8.76. The molecule has 2 aliphatic rings. The molecule has 24 heavy (non-hydrogen) atoms. The Morgan fingerprint density at radius 2 is 2.29 bits per heavy atom. The number of aryl methyl sites for hydroxylation is 1. The molecule has 1 aliphatic heterocycles. The van der Waals surface area contributed by atoms with Crippen molar-refractivity contribution in [2.24, 2.45) is 5.41 Å². The van der Waals surface area contributed by atoms with Gasteiger partial charge < -0.3 is 10.2 Å². The van der Waals surface area contributed by atoms with E-state index in [2.05, 4.69) is 39.0 Å². The van der Waals surface area contributed by atoms with E-state index < -0.39 is 0 Å². The summed E-state index contributed by atoms with van der Waals surface area (Å²) in [5, 5.41) is 8.74. The third-order valence-electron chi connectivity index (χ3n) is 5.38. The number of nitrogens with zero attached hydrogens (tertiary/aromatic N) is 2. The standard InChI is InChI=1S/C18H23N3OS2/c1-2-16-20-10-14(24-16)17(22)21(11-13-3-8-23-12-13)15-9-18(15)4-6-19-7-5-18/h3,8,10,12,15,19H,2,4-7,9,11H2,1H3. The molecule has 6 heteroatoms. The Morgan fingerprint density at radius 3 is 2.96 bits per heavy atom. The minimum atomic E-state index is 0.166. The van der Waals surface area contributed by atoms with Crippen LogP contribution in [0.25, 0.3) is 0 Å². The predicted octanol–water partition coefficient (Wildman–Crippen LogP) is 3.55. The van der Waals surface area contributed by atoms with Crippen LogP contribution in [0, 0.1) is 5.41 Å². The van der Waals surface area contributed by atoms with Crippen molar-refractivity contribution in [3.63, 3.8) is 0 Å². The molecule has 3 heterocycles. The van der Waals surface area contributed by atoms with Crippen LogP contribution >= 0.6 is 22.7 Å². The van der Waals surface area contributed by atoms with E-state index in [1.807, 2.05) is 0 Å². The van der Waals surface area contributed by atoms with Crippen LogP contribution in [-0.4, -0.2) is 34.9 Å². The van der Waals surface area contributed by atoms with Gasteiger partial charge in [0.05, 0.1) is 11.2 Å². The van der Waals surface area contributed by atoms with Crippen molar-refractivity contribution >= 4 is 28.6 Å². The lowest BCUT2D eigenvalue weighted by molar-refractivity contribution is 0.0697. The smallest absolute Gasteiger partial charge is 0.266 e. The Labute approximate surface area is 150 Å².